The van der Waals surface area contributed by atoms with Gasteiger partial charge < -0.3 is 10.6 Å². The highest BCUT2D eigenvalue weighted by Gasteiger charge is 2.03. The van der Waals surface area contributed by atoms with Crippen LogP contribution < -0.4 is 10.6 Å². The van der Waals surface area contributed by atoms with Crippen molar-refractivity contribution in [2.75, 3.05) is 18.4 Å². The molecular formula is C12H20ClN3. The average Bonchev–Trinajstić information content (AvgIpc) is 2.26. The lowest BCUT2D eigenvalue weighted by Gasteiger charge is -2.10. The van der Waals surface area contributed by atoms with Gasteiger partial charge >= 0.3 is 0 Å². The van der Waals surface area contributed by atoms with E-state index in [9.17, 15) is 0 Å². The molecule has 0 aliphatic carbocycles. The van der Waals surface area contributed by atoms with Crippen molar-refractivity contribution in [2.24, 2.45) is 5.92 Å². The van der Waals surface area contributed by atoms with Crippen LogP contribution in [0.15, 0.2) is 12.1 Å². The van der Waals surface area contributed by atoms with E-state index < -0.39 is 0 Å². The Morgan fingerprint density at radius 2 is 2.12 bits per heavy atom. The number of rotatable bonds is 6. The molecule has 0 spiro atoms. The van der Waals surface area contributed by atoms with Gasteiger partial charge in [0.2, 0.25) is 0 Å². The molecule has 0 amide bonds. The van der Waals surface area contributed by atoms with E-state index >= 15 is 0 Å². The zero-order valence-electron chi connectivity index (χ0n) is 10.2. The Labute approximate surface area is 103 Å². The van der Waals surface area contributed by atoms with Gasteiger partial charge in [-0.15, -0.1) is 0 Å². The highest BCUT2D eigenvalue weighted by Crippen LogP contribution is 2.16. The van der Waals surface area contributed by atoms with Crippen molar-refractivity contribution in [3.8, 4) is 0 Å². The Balaban J connectivity index is 2.65. The first-order chi connectivity index (χ1) is 7.63. The summed E-state index contributed by atoms with van der Waals surface area (Å²) in [6, 6.07) is 3.81. The fourth-order valence-electron chi connectivity index (χ4n) is 1.26. The quantitative estimate of drug-likeness (QED) is 0.804. The van der Waals surface area contributed by atoms with Crippen molar-refractivity contribution in [1.29, 1.82) is 0 Å². The SMILES string of the molecule is CCNCc1nc(NCC(C)C)ccc1Cl. The first kappa shape index (κ1) is 13.3. The number of halogens is 1. The minimum absolute atomic E-state index is 0.606. The summed E-state index contributed by atoms with van der Waals surface area (Å²) in [6.07, 6.45) is 0. The summed E-state index contributed by atoms with van der Waals surface area (Å²) in [5.74, 6) is 1.50. The predicted octanol–water partition coefficient (Wildman–Crippen LogP) is 2.91. The number of aromatic nitrogens is 1. The second-order valence-corrected chi connectivity index (χ2v) is 4.59. The molecule has 90 valence electrons. The summed E-state index contributed by atoms with van der Waals surface area (Å²) in [7, 11) is 0. The molecule has 0 radical (unpaired) electrons. The number of anilines is 1. The molecule has 0 saturated carbocycles. The van der Waals surface area contributed by atoms with E-state index in [4.69, 9.17) is 11.6 Å². The summed E-state index contributed by atoms with van der Waals surface area (Å²) in [5, 5.41) is 7.23. The molecule has 1 rings (SSSR count). The smallest absolute Gasteiger partial charge is 0.126 e. The fourth-order valence-corrected chi connectivity index (χ4v) is 1.43. The van der Waals surface area contributed by atoms with Gasteiger partial charge in [0.15, 0.2) is 0 Å². The van der Waals surface area contributed by atoms with Gasteiger partial charge in [0, 0.05) is 13.1 Å². The van der Waals surface area contributed by atoms with Crippen molar-refractivity contribution in [3.63, 3.8) is 0 Å². The Kier molecular flexibility index (Phi) is 5.56. The van der Waals surface area contributed by atoms with E-state index in [0.717, 1.165) is 29.6 Å². The Hall–Kier alpha value is -0.800. The first-order valence-electron chi connectivity index (χ1n) is 5.73. The summed E-state index contributed by atoms with van der Waals surface area (Å²) in [6.45, 7) is 8.96. The third-order valence-corrected chi connectivity index (χ3v) is 2.50. The molecule has 0 bridgehead atoms. The summed E-state index contributed by atoms with van der Waals surface area (Å²) < 4.78 is 0. The van der Waals surface area contributed by atoms with Gasteiger partial charge in [0.25, 0.3) is 0 Å². The molecular weight excluding hydrogens is 222 g/mol. The Bertz CT molecular complexity index is 326. The van der Waals surface area contributed by atoms with E-state index in [1.807, 2.05) is 12.1 Å². The van der Waals surface area contributed by atoms with Crippen LogP contribution in [0.25, 0.3) is 0 Å². The average molecular weight is 242 g/mol. The number of hydrogen-bond acceptors (Lipinski definition) is 3. The Morgan fingerprint density at radius 3 is 2.75 bits per heavy atom. The van der Waals surface area contributed by atoms with E-state index in [-0.39, 0.29) is 0 Å². The van der Waals surface area contributed by atoms with E-state index in [1.54, 1.807) is 0 Å². The topological polar surface area (TPSA) is 37.0 Å². The second kappa shape index (κ2) is 6.71. The lowest BCUT2D eigenvalue weighted by atomic mass is 10.2. The zero-order chi connectivity index (χ0) is 12.0. The molecule has 0 aliphatic rings. The standard InChI is InChI=1S/C12H20ClN3/c1-4-14-8-11-10(13)5-6-12(16-11)15-7-9(2)3/h5-6,9,14H,4,7-8H2,1-3H3,(H,15,16). The molecule has 1 aromatic heterocycles. The molecule has 16 heavy (non-hydrogen) atoms. The van der Waals surface area contributed by atoms with Crippen LogP contribution in [-0.4, -0.2) is 18.1 Å². The second-order valence-electron chi connectivity index (χ2n) is 4.18. The molecule has 1 aromatic rings. The minimum Gasteiger partial charge on any atom is -0.370 e. The molecule has 3 nitrogen and oxygen atoms in total. The number of hydrogen-bond donors (Lipinski definition) is 2. The van der Waals surface area contributed by atoms with Crippen LogP contribution in [-0.2, 0) is 6.54 Å². The molecule has 0 saturated heterocycles. The molecule has 0 aromatic carbocycles. The van der Waals surface area contributed by atoms with Crippen LogP contribution in [0.4, 0.5) is 5.82 Å². The van der Waals surface area contributed by atoms with E-state index in [1.165, 1.54) is 0 Å². The minimum atomic E-state index is 0.606. The van der Waals surface area contributed by atoms with Gasteiger partial charge in [-0.1, -0.05) is 32.4 Å². The van der Waals surface area contributed by atoms with E-state index in [0.29, 0.717) is 12.5 Å². The lowest BCUT2D eigenvalue weighted by Crippen LogP contribution is -2.15. The fraction of sp³-hybridized carbons (Fsp3) is 0.583. The molecule has 2 N–H and O–H groups in total. The molecule has 0 unspecified atom stereocenters. The maximum absolute atomic E-state index is 6.06. The lowest BCUT2D eigenvalue weighted by molar-refractivity contribution is 0.683. The predicted molar refractivity (Wildman–Crippen MR) is 70.0 cm³/mol. The van der Waals surface area contributed by atoms with Crippen molar-refractivity contribution in [1.82, 2.24) is 10.3 Å². The summed E-state index contributed by atoms with van der Waals surface area (Å²) in [5.41, 5.74) is 0.900. The van der Waals surface area contributed by atoms with Crippen molar-refractivity contribution in [2.45, 2.75) is 27.3 Å². The molecule has 4 heteroatoms. The van der Waals surface area contributed by atoms with Crippen molar-refractivity contribution >= 4 is 17.4 Å². The first-order valence-corrected chi connectivity index (χ1v) is 6.11. The summed E-state index contributed by atoms with van der Waals surface area (Å²) >= 11 is 6.06. The summed E-state index contributed by atoms with van der Waals surface area (Å²) in [4.78, 5) is 4.48. The zero-order valence-corrected chi connectivity index (χ0v) is 10.9. The largest absolute Gasteiger partial charge is 0.370 e. The molecule has 0 aliphatic heterocycles. The molecule has 0 fully saturated rings. The van der Waals surface area contributed by atoms with Crippen LogP contribution in [0.2, 0.25) is 5.02 Å². The monoisotopic (exact) mass is 241 g/mol. The molecule has 1 heterocycles. The number of nitrogens with zero attached hydrogens (tertiary/aromatic N) is 1. The molecule has 0 atom stereocenters. The Morgan fingerprint density at radius 1 is 1.38 bits per heavy atom. The van der Waals surface area contributed by atoms with Gasteiger partial charge in [0.05, 0.1) is 10.7 Å². The van der Waals surface area contributed by atoms with Gasteiger partial charge in [0.1, 0.15) is 5.82 Å². The third kappa shape index (κ3) is 4.37. The highest BCUT2D eigenvalue weighted by molar-refractivity contribution is 6.31. The van der Waals surface area contributed by atoms with E-state index in [2.05, 4.69) is 36.4 Å². The maximum Gasteiger partial charge on any atom is 0.126 e. The van der Waals surface area contributed by atoms with Gasteiger partial charge in [-0.05, 0) is 24.6 Å². The van der Waals surface area contributed by atoms with Crippen LogP contribution in [0.1, 0.15) is 26.5 Å². The van der Waals surface area contributed by atoms with Gasteiger partial charge in [-0.3, -0.25) is 0 Å². The van der Waals surface area contributed by atoms with Gasteiger partial charge in [-0.25, -0.2) is 4.98 Å². The van der Waals surface area contributed by atoms with Crippen LogP contribution >= 0.6 is 11.6 Å². The maximum atomic E-state index is 6.06. The van der Waals surface area contributed by atoms with Crippen molar-refractivity contribution in [3.05, 3.63) is 22.8 Å². The normalized spacial score (nSPS) is 10.8. The van der Waals surface area contributed by atoms with Crippen molar-refractivity contribution < 1.29 is 0 Å². The van der Waals surface area contributed by atoms with Crippen LogP contribution in [0, 0.1) is 5.92 Å². The number of nitrogens with one attached hydrogen (secondary N) is 2. The number of pyridine rings is 1. The van der Waals surface area contributed by atoms with Crippen LogP contribution in [0.3, 0.4) is 0 Å². The highest BCUT2D eigenvalue weighted by atomic mass is 35.5. The van der Waals surface area contributed by atoms with Gasteiger partial charge in [-0.2, -0.15) is 0 Å². The third-order valence-electron chi connectivity index (χ3n) is 2.15. The van der Waals surface area contributed by atoms with Crippen LogP contribution in [0.5, 0.6) is 0 Å².